The van der Waals surface area contributed by atoms with E-state index in [0.29, 0.717) is 11.9 Å². The maximum atomic E-state index is 5.45. The molecule has 0 spiro atoms. The van der Waals surface area contributed by atoms with Crippen molar-refractivity contribution in [2.24, 2.45) is 5.73 Å². The van der Waals surface area contributed by atoms with Crippen LogP contribution in [0.1, 0.15) is 35.9 Å². The average molecular weight is 281 g/mol. The number of aryl methyl sites for hydroxylation is 1. The van der Waals surface area contributed by atoms with Crippen LogP contribution >= 0.6 is 12.4 Å². The highest BCUT2D eigenvalue weighted by atomic mass is 35.5. The Hall–Kier alpha value is -1.59. The van der Waals surface area contributed by atoms with E-state index in [2.05, 4.69) is 39.8 Å². The van der Waals surface area contributed by atoms with Gasteiger partial charge in [-0.2, -0.15) is 0 Å². The molecule has 102 valence electrons. The molecule has 0 radical (unpaired) electrons. The van der Waals surface area contributed by atoms with E-state index in [4.69, 9.17) is 10.2 Å². The van der Waals surface area contributed by atoms with Crippen molar-refractivity contribution in [3.05, 3.63) is 41.3 Å². The van der Waals surface area contributed by atoms with Crippen molar-refractivity contribution in [1.82, 2.24) is 10.2 Å². The average Bonchev–Trinajstić information content (AvgIpc) is 2.87. The number of hydrogen-bond donors (Lipinski definition) is 2. The molecule has 19 heavy (non-hydrogen) atoms. The summed E-state index contributed by atoms with van der Waals surface area (Å²) in [5.74, 6) is 0.460. The minimum absolute atomic E-state index is 0. The highest BCUT2D eigenvalue weighted by molar-refractivity contribution is 5.85. The number of hydrogen-bond acceptors (Lipinski definition) is 5. The second-order valence-electron chi connectivity index (χ2n) is 4.49. The van der Waals surface area contributed by atoms with Gasteiger partial charge in [-0.1, -0.05) is 29.4 Å². The lowest BCUT2D eigenvalue weighted by molar-refractivity contribution is 0.492. The van der Waals surface area contributed by atoms with Crippen LogP contribution in [0.5, 0.6) is 0 Å². The van der Waals surface area contributed by atoms with Crippen LogP contribution in [0.15, 0.2) is 28.7 Å². The monoisotopic (exact) mass is 280 g/mol. The smallest absolute Gasteiger partial charge is 0.315 e. The van der Waals surface area contributed by atoms with Gasteiger partial charge in [-0.25, -0.2) is 0 Å². The second kappa shape index (κ2) is 6.04. The molecule has 3 N–H and O–H groups in total. The number of fused-ring (bicyclic) bond motifs is 1. The van der Waals surface area contributed by atoms with E-state index in [-0.39, 0.29) is 25.0 Å². The van der Waals surface area contributed by atoms with Gasteiger partial charge in [0.25, 0.3) is 0 Å². The predicted molar refractivity (Wildman–Crippen MR) is 75.2 cm³/mol. The van der Waals surface area contributed by atoms with E-state index in [1.165, 1.54) is 17.5 Å². The van der Waals surface area contributed by atoms with Gasteiger partial charge in [-0.15, -0.1) is 17.5 Å². The summed E-state index contributed by atoms with van der Waals surface area (Å²) in [5, 5.41) is 11.1. The number of nitrogens with one attached hydrogen (secondary N) is 1. The van der Waals surface area contributed by atoms with Gasteiger partial charge in [-0.3, -0.25) is 0 Å². The number of aromatic nitrogens is 2. The summed E-state index contributed by atoms with van der Waals surface area (Å²) in [6.07, 6.45) is 3.40. The Balaban J connectivity index is 0.00000133. The van der Waals surface area contributed by atoms with Crippen LogP contribution in [0, 0.1) is 0 Å². The van der Waals surface area contributed by atoms with Crippen molar-refractivity contribution in [1.29, 1.82) is 0 Å². The molecule has 3 rings (SSSR count). The van der Waals surface area contributed by atoms with Crippen LogP contribution in [0.2, 0.25) is 0 Å². The molecular weight excluding hydrogens is 264 g/mol. The van der Waals surface area contributed by atoms with Crippen LogP contribution < -0.4 is 11.1 Å². The summed E-state index contributed by atoms with van der Waals surface area (Å²) in [4.78, 5) is 0. The highest BCUT2D eigenvalue weighted by Crippen LogP contribution is 2.31. The van der Waals surface area contributed by atoms with Crippen molar-refractivity contribution in [3.8, 4) is 0 Å². The number of benzene rings is 1. The second-order valence-corrected chi connectivity index (χ2v) is 4.49. The molecular formula is C13H17ClN4O. The fourth-order valence-electron chi connectivity index (χ4n) is 2.45. The number of anilines is 1. The largest absolute Gasteiger partial charge is 0.407 e. The summed E-state index contributed by atoms with van der Waals surface area (Å²) in [5.41, 5.74) is 8.18. The maximum Gasteiger partial charge on any atom is 0.315 e. The molecule has 0 amide bonds. The van der Waals surface area contributed by atoms with Gasteiger partial charge in [0.15, 0.2) is 0 Å². The predicted octanol–water partition coefficient (Wildman–Crippen LogP) is 2.44. The zero-order valence-corrected chi connectivity index (χ0v) is 11.3. The van der Waals surface area contributed by atoms with Crippen molar-refractivity contribution >= 4 is 18.4 Å². The first kappa shape index (κ1) is 13.8. The van der Waals surface area contributed by atoms with E-state index < -0.39 is 0 Å². The Morgan fingerprint density at radius 3 is 2.95 bits per heavy atom. The molecule has 1 aromatic carbocycles. The van der Waals surface area contributed by atoms with Crippen molar-refractivity contribution in [2.45, 2.75) is 31.8 Å². The molecule has 1 aliphatic rings. The van der Waals surface area contributed by atoms with Gasteiger partial charge < -0.3 is 15.5 Å². The van der Waals surface area contributed by atoms with Crippen molar-refractivity contribution < 1.29 is 4.42 Å². The molecule has 5 nitrogen and oxygen atoms in total. The third-order valence-corrected chi connectivity index (χ3v) is 3.31. The molecule has 1 aromatic heterocycles. The first-order valence-electron chi connectivity index (χ1n) is 6.23. The Bertz CT molecular complexity index is 543. The summed E-state index contributed by atoms with van der Waals surface area (Å²) in [6.45, 7) is 0.274. The van der Waals surface area contributed by atoms with Crippen molar-refractivity contribution in [2.75, 3.05) is 5.32 Å². The minimum atomic E-state index is 0. The molecule has 0 saturated heterocycles. The summed E-state index contributed by atoms with van der Waals surface area (Å²) >= 11 is 0. The Kier molecular flexibility index (Phi) is 4.39. The van der Waals surface area contributed by atoms with E-state index in [1.54, 1.807) is 0 Å². The summed E-state index contributed by atoms with van der Waals surface area (Å²) in [7, 11) is 0. The summed E-state index contributed by atoms with van der Waals surface area (Å²) in [6, 6.07) is 9.20. The van der Waals surface area contributed by atoms with Crippen molar-refractivity contribution in [3.63, 3.8) is 0 Å². The quantitative estimate of drug-likeness (QED) is 0.903. The van der Waals surface area contributed by atoms with Gasteiger partial charge in [-0.05, 0) is 30.4 Å². The molecule has 2 aromatic rings. The van der Waals surface area contributed by atoms with Gasteiger partial charge in [0.2, 0.25) is 5.89 Å². The Morgan fingerprint density at radius 1 is 1.32 bits per heavy atom. The molecule has 6 heteroatoms. The third kappa shape index (κ3) is 2.88. The highest BCUT2D eigenvalue weighted by Gasteiger charge is 2.21. The van der Waals surface area contributed by atoms with Crippen LogP contribution in [0.25, 0.3) is 0 Å². The lowest BCUT2D eigenvalue weighted by atomic mass is 9.88. The molecule has 1 unspecified atom stereocenters. The zero-order chi connectivity index (χ0) is 12.4. The summed E-state index contributed by atoms with van der Waals surface area (Å²) < 4.78 is 5.39. The molecule has 0 fully saturated rings. The first-order valence-corrected chi connectivity index (χ1v) is 6.23. The number of nitrogens with two attached hydrogens (primary N) is 1. The SMILES string of the molecule is Cl.NCc1nnc(NC2CCCc3ccccc32)o1. The Morgan fingerprint density at radius 2 is 2.16 bits per heavy atom. The molecule has 0 saturated carbocycles. The van der Waals surface area contributed by atoms with Crippen LogP contribution in [0.4, 0.5) is 6.01 Å². The zero-order valence-electron chi connectivity index (χ0n) is 10.5. The molecule has 0 bridgehead atoms. The molecule has 1 aliphatic carbocycles. The third-order valence-electron chi connectivity index (χ3n) is 3.31. The van der Waals surface area contributed by atoms with E-state index in [1.807, 2.05) is 0 Å². The van der Waals surface area contributed by atoms with Crippen LogP contribution in [0.3, 0.4) is 0 Å². The maximum absolute atomic E-state index is 5.45. The molecule has 0 aliphatic heterocycles. The normalized spacial score (nSPS) is 17.4. The lowest BCUT2D eigenvalue weighted by Gasteiger charge is -2.25. The van der Waals surface area contributed by atoms with Crippen LogP contribution in [-0.2, 0) is 13.0 Å². The van der Waals surface area contributed by atoms with E-state index >= 15 is 0 Å². The molecule has 1 heterocycles. The standard InChI is InChI=1S/C13H16N4O.ClH/c14-8-12-16-17-13(18-12)15-11-7-3-5-9-4-1-2-6-10(9)11;/h1-2,4,6,11H,3,5,7-8,14H2,(H,15,17);1H. The van der Waals surface area contributed by atoms with Gasteiger partial charge in [0, 0.05) is 0 Å². The first-order chi connectivity index (χ1) is 8.86. The van der Waals surface area contributed by atoms with Crippen LogP contribution in [-0.4, -0.2) is 10.2 Å². The van der Waals surface area contributed by atoms with E-state index in [0.717, 1.165) is 12.8 Å². The number of nitrogens with zero attached hydrogens (tertiary/aromatic N) is 2. The minimum Gasteiger partial charge on any atom is -0.407 e. The Labute approximate surface area is 118 Å². The fraction of sp³-hybridized carbons (Fsp3) is 0.385. The van der Waals surface area contributed by atoms with Gasteiger partial charge >= 0.3 is 6.01 Å². The van der Waals surface area contributed by atoms with Gasteiger partial charge in [0.05, 0.1) is 12.6 Å². The fourth-order valence-corrected chi connectivity index (χ4v) is 2.45. The lowest BCUT2D eigenvalue weighted by Crippen LogP contribution is -2.17. The van der Waals surface area contributed by atoms with Gasteiger partial charge in [0.1, 0.15) is 0 Å². The topological polar surface area (TPSA) is 77.0 Å². The molecule has 1 atom stereocenters. The number of halogens is 1. The van der Waals surface area contributed by atoms with E-state index in [9.17, 15) is 0 Å². The number of rotatable bonds is 3.